The zero-order valence-electron chi connectivity index (χ0n) is 21.5. The quantitative estimate of drug-likeness (QED) is 0.306. The maximum absolute atomic E-state index is 14.0. The number of carbonyl (C=O) groups excluding carboxylic acids is 3. The lowest BCUT2D eigenvalue weighted by molar-refractivity contribution is -0.138. The first-order chi connectivity index (χ1) is 18.8. The molecule has 0 bridgehead atoms. The van der Waals surface area contributed by atoms with Gasteiger partial charge in [-0.15, -0.1) is 0 Å². The van der Waals surface area contributed by atoms with Crippen LogP contribution in [0.1, 0.15) is 37.4 Å². The summed E-state index contributed by atoms with van der Waals surface area (Å²) in [5, 5.41) is 7.84. The molecule has 1 aliphatic heterocycles. The summed E-state index contributed by atoms with van der Waals surface area (Å²) < 4.78 is 32.6. The van der Waals surface area contributed by atoms with Crippen LogP contribution in [0.15, 0.2) is 78.4 Å². The van der Waals surface area contributed by atoms with Gasteiger partial charge < -0.3 is 20.7 Å². The molecule has 3 aromatic rings. The number of carbonyl (C=O) groups is 3. The van der Waals surface area contributed by atoms with E-state index >= 15 is 0 Å². The zero-order valence-corrected chi connectivity index (χ0v) is 21.5. The van der Waals surface area contributed by atoms with E-state index in [0.717, 1.165) is 12.1 Å². The molecule has 1 unspecified atom stereocenters. The van der Waals surface area contributed by atoms with E-state index in [2.05, 4.69) is 16.0 Å². The van der Waals surface area contributed by atoms with E-state index in [-0.39, 0.29) is 23.9 Å². The number of nitrogens with one attached hydrogen (secondary N) is 3. The van der Waals surface area contributed by atoms with Gasteiger partial charge in [0, 0.05) is 18.3 Å². The molecule has 1 aliphatic rings. The molecule has 0 spiro atoms. The first-order valence-electron chi connectivity index (χ1n) is 12.5. The molecule has 0 saturated heterocycles. The average molecular weight is 535 g/mol. The summed E-state index contributed by atoms with van der Waals surface area (Å²) in [6.45, 7) is 4.16. The summed E-state index contributed by atoms with van der Waals surface area (Å²) in [4.78, 5) is 40.7. The number of nitrogens with zero attached hydrogens (tertiary/aromatic N) is 1. The molecular formula is C29H28F2N4O4. The maximum Gasteiger partial charge on any atom is 0.338 e. The van der Waals surface area contributed by atoms with Crippen LogP contribution in [0.4, 0.5) is 29.7 Å². The average Bonchev–Trinajstić information content (AvgIpc) is 2.92. The van der Waals surface area contributed by atoms with Crippen LogP contribution in [0.25, 0.3) is 5.70 Å². The number of ether oxygens (including phenoxy) is 1. The Morgan fingerprint density at radius 1 is 0.974 bits per heavy atom. The van der Waals surface area contributed by atoms with Crippen LogP contribution in [0.3, 0.4) is 0 Å². The summed E-state index contributed by atoms with van der Waals surface area (Å²) in [5.74, 6) is -2.26. The normalized spacial score (nSPS) is 15.0. The van der Waals surface area contributed by atoms with Gasteiger partial charge in [0.2, 0.25) is 0 Å². The molecule has 3 aromatic carbocycles. The van der Waals surface area contributed by atoms with Gasteiger partial charge in [0.15, 0.2) is 0 Å². The van der Waals surface area contributed by atoms with Gasteiger partial charge >= 0.3 is 18.0 Å². The van der Waals surface area contributed by atoms with Gasteiger partial charge in [-0.2, -0.15) is 0 Å². The summed E-state index contributed by atoms with van der Waals surface area (Å²) in [6, 6.07) is 16.5. The van der Waals surface area contributed by atoms with Gasteiger partial charge in [-0.05, 0) is 48.7 Å². The Morgan fingerprint density at radius 2 is 1.74 bits per heavy atom. The van der Waals surface area contributed by atoms with Gasteiger partial charge in [0.1, 0.15) is 11.6 Å². The molecule has 3 N–H and O–H groups in total. The first kappa shape index (κ1) is 27.3. The van der Waals surface area contributed by atoms with Crippen molar-refractivity contribution >= 4 is 35.1 Å². The number of urea groups is 2. The van der Waals surface area contributed by atoms with Crippen LogP contribution < -0.4 is 16.0 Å². The van der Waals surface area contributed by atoms with Crippen LogP contribution in [-0.4, -0.2) is 36.1 Å². The van der Waals surface area contributed by atoms with Crippen molar-refractivity contribution in [3.8, 4) is 0 Å². The van der Waals surface area contributed by atoms with E-state index in [1.54, 1.807) is 31.2 Å². The number of anilines is 2. The summed E-state index contributed by atoms with van der Waals surface area (Å²) >= 11 is 0. The smallest absolute Gasteiger partial charge is 0.338 e. The number of benzene rings is 3. The Kier molecular flexibility index (Phi) is 8.55. The monoisotopic (exact) mass is 534 g/mol. The predicted octanol–water partition coefficient (Wildman–Crippen LogP) is 6.06. The Balaban J connectivity index is 1.72. The number of esters is 1. The Bertz CT molecular complexity index is 1410. The summed E-state index contributed by atoms with van der Waals surface area (Å²) in [5.41, 5.74) is 2.03. The number of rotatable bonds is 8. The highest BCUT2D eigenvalue weighted by molar-refractivity contribution is 6.05. The van der Waals surface area contributed by atoms with Crippen LogP contribution in [-0.2, 0) is 9.53 Å². The van der Waals surface area contributed by atoms with Crippen molar-refractivity contribution in [2.75, 3.05) is 23.8 Å². The number of hydrogen-bond donors (Lipinski definition) is 3. The largest absolute Gasteiger partial charge is 0.463 e. The van der Waals surface area contributed by atoms with Crippen LogP contribution in [0.5, 0.6) is 0 Å². The molecule has 10 heteroatoms. The Morgan fingerprint density at radius 3 is 2.44 bits per heavy atom. The lowest BCUT2D eigenvalue weighted by atomic mass is 9.91. The number of hydrogen-bond acceptors (Lipinski definition) is 4. The lowest BCUT2D eigenvalue weighted by Crippen LogP contribution is -2.48. The van der Waals surface area contributed by atoms with Crippen LogP contribution >= 0.6 is 0 Å². The van der Waals surface area contributed by atoms with Gasteiger partial charge in [-0.1, -0.05) is 49.4 Å². The molecule has 202 valence electrons. The second-order valence-corrected chi connectivity index (χ2v) is 8.71. The van der Waals surface area contributed by atoms with Crippen molar-refractivity contribution in [3.05, 3.63) is 101 Å². The highest BCUT2D eigenvalue weighted by Crippen LogP contribution is 2.37. The summed E-state index contributed by atoms with van der Waals surface area (Å²) in [7, 11) is 0. The molecule has 1 atom stereocenters. The van der Waals surface area contributed by atoms with Crippen molar-refractivity contribution in [1.29, 1.82) is 0 Å². The fourth-order valence-electron chi connectivity index (χ4n) is 4.35. The van der Waals surface area contributed by atoms with E-state index in [1.165, 1.54) is 4.90 Å². The van der Waals surface area contributed by atoms with E-state index in [4.69, 9.17) is 4.74 Å². The van der Waals surface area contributed by atoms with Crippen LogP contribution in [0, 0.1) is 11.6 Å². The fourth-order valence-corrected chi connectivity index (χ4v) is 4.35. The molecule has 0 saturated carbocycles. The maximum atomic E-state index is 14.0. The third-order valence-corrected chi connectivity index (χ3v) is 5.97. The van der Waals surface area contributed by atoms with Crippen molar-refractivity contribution in [2.24, 2.45) is 0 Å². The molecule has 0 fully saturated rings. The molecule has 0 radical (unpaired) electrons. The van der Waals surface area contributed by atoms with Crippen molar-refractivity contribution in [1.82, 2.24) is 10.2 Å². The van der Waals surface area contributed by atoms with Gasteiger partial charge in [-0.3, -0.25) is 4.90 Å². The number of amides is 4. The molecular weight excluding hydrogens is 506 g/mol. The van der Waals surface area contributed by atoms with Crippen molar-refractivity contribution in [3.63, 3.8) is 0 Å². The van der Waals surface area contributed by atoms with E-state index in [0.29, 0.717) is 41.5 Å². The highest BCUT2D eigenvalue weighted by atomic mass is 19.1. The predicted molar refractivity (Wildman–Crippen MR) is 144 cm³/mol. The highest BCUT2D eigenvalue weighted by Gasteiger charge is 2.38. The SMILES string of the molecule is CCCN1C(=O)NC(c2cccc(NC(=O)Nc3ccc(F)cc3F)c2)C(C(=O)OCC)=C1c1ccccc1. The standard InChI is InChI=1S/C29H28F2N4O4/c1-3-15-35-26(18-9-6-5-7-10-18)24(27(36)39-4-2)25(34-29(35)38)19-11-8-12-21(16-19)32-28(37)33-23-14-13-20(30)17-22(23)31/h5-14,16-17,25H,3-4,15H2,1-2H3,(H,34,38)(H2,32,33,37). The van der Waals surface area contributed by atoms with E-state index in [9.17, 15) is 23.2 Å². The molecule has 4 rings (SSSR count). The summed E-state index contributed by atoms with van der Waals surface area (Å²) in [6.07, 6.45) is 0.660. The minimum atomic E-state index is -0.918. The molecule has 0 aromatic heterocycles. The minimum Gasteiger partial charge on any atom is -0.463 e. The third kappa shape index (κ3) is 6.23. The number of halogens is 2. The zero-order chi connectivity index (χ0) is 27.9. The molecule has 0 aliphatic carbocycles. The topological polar surface area (TPSA) is 99.8 Å². The first-order valence-corrected chi connectivity index (χ1v) is 12.5. The lowest BCUT2D eigenvalue weighted by Gasteiger charge is -2.37. The second-order valence-electron chi connectivity index (χ2n) is 8.71. The van der Waals surface area contributed by atoms with Crippen molar-refractivity contribution in [2.45, 2.75) is 26.3 Å². The van der Waals surface area contributed by atoms with Gasteiger partial charge in [0.25, 0.3) is 0 Å². The second kappa shape index (κ2) is 12.2. The van der Waals surface area contributed by atoms with Gasteiger partial charge in [0.05, 0.1) is 29.6 Å². The van der Waals surface area contributed by atoms with E-state index < -0.39 is 29.7 Å². The molecule has 8 nitrogen and oxygen atoms in total. The van der Waals surface area contributed by atoms with E-state index in [1.807, 2.05) is 37.3 Å². The third-order valence-electron chi connectivity index (χ3n) is 5.97. The van der Waals surface area contributed by atoms with Gasteiger partial charge in [-0.25, -0.2) is 23.2 Å². The van der Waals surface area contributed by atoms with Crippen molar-refractivity contribution < 1.29 is 27.9 Å². The molecule has 39 heavy (non-hydrogen) atoms. The Hall–Kier alpha value is -4.73. The molecule has 4 amide bonds. The minimum absolute atomic E-state index is 0.139. The van der Waals surface area contributed by atoms with Crippen LogP contribution in [0.2, 0.25) is 0 Å². The Labute approximate surface area is 224 Å². The fraction of sp³-hybridized carbons (Fsp3) is 0.207. The molecule has 1 heterocycles.